The van der Waals surface area contributed by atoms with Crippen molar-refractivity contribution in [1.29, 1.82) is 0 Å². The van der Waals surface area contributed by atoms with Gasteiger partial charge in [-0.25, -0.2) is 9.78 Å². The molecule has 0 aliphatic heterocycles. The topological polar surface area (TPSA) is 70.5 Å². The van der Waals surface area contributed by atoms with Gasteiger partial charge in [0.25, 0.3) is 11.5 Å². The lowest BCUT2D eigenvalue weighted by Gasteiger charge is -2.08. The maximum Gasteiger partial charge on any atom is 0.423 e. The number of Topliss-reactive ketones (excluding diaryl/α,β-unsaturated/α-hetero) is 1. The number of H-pyrrole nitrogens is 1. The summed E-state index contributed by atoms with van der Waals surface area (Å²) in [4.78, 5) is 29.1. The Labute approximate surface area is 163 Å². The van der Waals surface area contributed by atoms with Crippen molar-refractivity contribution in [3.63, 3.8) is 0 Å². The number of halogens is 1. The highest BCUT2D eigenvalue weighted by Crippen LogP contribution is 2.17. The lowest BCUT2D eigenvalue weighted by molar-refractivity contribution is -0.358. The summed E-state index contributed by atoms with van der Waals surface area (Å²) in [5.74, 6) is 0.635. The molecule has 7 heteroatoms. The van der Waals surface area contributed by atoms with Crippen LogP contribution in [0.3, 0.4) is 0 Å². The predicted octanol–water partition coefficient (Wildman–Crippen LogP) is 3.06. The van der Waals surface area contributed by atoms with E-state index in [1.54, 1.807) is 12.1 Å². The number of hydrogen-bond acceptors (Lipinski definition) is 3. The highest BCUT2D eigenvalue weighted by atomic mass is 79.9. The number of para-hydroxylation sites is 1. The van der Waals surface area contributed by atoms with Crippen LogP contribution in [0.4, 0.5) is 0 Å². The Kier molecular flexibility index (Phi) is 4.61. The second kappa shape index (κ2) is 7.08. The number of carbonyl (C=O) groups excluding carboxylic acids is 1. The third-order valence-corrected chi connectivity index (χ3v) is 5.04. The second-order valence-corrected chi connectivity index (χ2v) is 7.31. The Morgan fingerprint density at radius 1 is 1.15 bits per heavy atom. The lowest BCUT2D eigenvalue weighted by Crippen LogP contribution is -2.31. The van der Waals surface area contributed by atoms with E-state index in [4.69, 9.17) is 0 Å². The summed E-state index contributed by atoms with van der Waals surface area (Å²) >= 11 is 3.37. The third-order valence-electron chi connectivity index (χ3n) is 4.51. The normalized spacial score (nSPS) is 11.3. The molecule has 2 aromatic heterocycles. The minimum absolute atomic E-state index is 0.0418. The molecule has 4 rings (SSSR count). The molecule has 0 spiro atoms. The number of aryl methyl sites for hydroxylation is 1. The van der Waals surface area contributed by atoms with Crippen molar-refractivity contribution in [2.24, 2.45) is 0 Å². The first kappa shape index (κ1) is 17.6. The number of carbonyl (C=O) groups is 1. The maximum atomic E-state index is 13.1. The van der Waals surface area contributed by atoms with Gasteiger partial charge in [0.05, 0.1) is 22.5 Å². The fourth-order valence-electron chi connectivity index (χ4n) is 3.20. The zero-order valence-electron chi connectivity index (χ0n) is 14.8. The van der Waals surface area contributed by atoms with Gasteiger partial charge in [0.1, 0.15) is 0 Å². The summed E-state index contributed by atoms with van der Waals surface area (Å²) in [6.07, 6.45) is 1.68. The number of hydrogen-bond donors (Lipinski definition) is 0. The number of aromatic amines is 1. The summed E-state index contributed by atoms with van der Waals surface area (Å²) in [5, 5.41) is 5.27. The molecule has 0 radical (unpaired) electrons. The maximum absolute atomic E-state index is 13.1. The van der Waals surface area contributed by atoms with E-state index < -0.39 is 0 Å². The highest BCUT2D eigenvalue weighted by molar-refractivity contribution is 9.10. The molecule has 136 valence electrons. The van der Waals surface area contributed by atoms with Crippen molar-refractivity contribution < 1.29 is 9.78 Å². The highest BCUT2D eigenvalue weighted by Gasteiger charge is 2.22. The van der Waals surface area contributed by atoms with E-state index in [2.05, 4.69) is 32.9 Å². The van der Waals surface area contributed by atoms with Gasteiger partial charge in [-0.1, -0.05) is 47.1 Å². The van der Waals surface area contributed by atoms with Crippen LogP contribution in [-0.4, -0.2) is 20.0 Å². The van der Waals surface area contributed by atoms with Crippen molar-refractivity contribution in [3.8, 4) is 0 Å². The van der Waals surface area contributed by atoms with Gasteiger partial charge in [-0.2, -0.15) is 0 Å². The zero-order chi connectivity index (χ0) is 19.0. The first-order valence-electron chi connectivity index (χ1n) is 8.79. The summed E-state index contributed by atoms with van der Waals surface area (Å²) in [7, 11) is 0. The molecule has 4 aromatic rings. The SMILES string of the molecule is CCCc1nn2c(=O)n(CC(=O)c3ccc(Br)cc3)c3ccccc3c2[nH+]1. The van der Waals surface area contributed by atoms with Crippen LogP contribution in [0.15, 0.2) is 57.8 Å². The number of nitrogens with one attached hydrogen (secondary N) is 1. The van der Waals surface area contributed by atoms with E-state index in [1.807, 2.05) is 36.4 Å². The Morgan fingerprint density at radius 3 is 2.63 bits per heavy atom. The summed E-state index contributed by atoms with van der Waals surface area (Å²) < 4.78 is 3.75. The number of ketones is 1. The predicted molar refractivity (Wildman–Crippen MR) is 106 cm³/mol. The molecule has 0 unspecified atom stereocenters. The fraction of sp³-hybridized carbons (Fsp3) is 0.200. The van der Waals surface area contributed by atoms with Gasteiger partial charge < -0.3 is 0 Å². The van der Waals surface area contributed by atoms with Crippen molar-refractivity contribution in [2.45, 2.75) is 26.3 Å². The van der Waals surface area contributed by atoms with Crippen LogP contribution < -0.4 is 10.7 Å². The largest absolute Gasteiger partial charge is 0.423 e. The Hall–Kier alpha value is -2.80. The molecule has 27 heavy (non-hydrogen) atoms. The number of benzene rings is 2. The molecule has 0 bridgehead atoms. The third kappa shape index (κ3) is 3.19. The summed E-state index contributed by atoms with van der Waals surface area (Å²) in [6, 6.07) is 14.7. The fourth-order valence-corrected chi connectivity index (χ4v) is 3.47. The molecule has 0 saturated carbocycles. The Bertz CT molecular complexity index is 1210. The molecule has 1 N–H and O–H groups in total. The van der Waals surface area contributed by atoms with Gasteiger partial charge in [-0.3, -0.25) is 9.36 Å². The van der Waals surface area contributed by atoms with Crippen LogP contribution in [0.1, 0.15) is 29.5 Å². The van der Waals surface area contributed by atoms with Crippen molar-refractivity contribution in [3.05, 3.63) is 74.9 Å². The molecule has 0 aliphatic rings. The minimum atomic E-state index is -0.326. The van der Waals surface area contributed by atoms with Gasteiger partial charge in [0.15, 0.2) is 5.78 Å². The van der Waals surface area contributed by atoms with E-state index in [0.717, 1.165) is 28.5 Å². The number of nitrogens with zero attached hydrogens (tertiary/aromatic N) is 3. The summed E-state index contributed by atoms with van der Waals surface area (Å²) in [5.41, 5.74) is 1.60. The molecule has 2 heterocycles. The van der Waals surface area contributed by atoms with Crippen LogP contribution in [0.5, 0.6) is 0 Å². The van der Waals surface area contributed by atoms with Crippen LogP contribution in [0.25, 0.3) is 16.6 Å². The summed E-state index contributed by atoms with van der Waals surface area (Å²) in [6.45, 7) is 2.02. The molecular formula is C20H18BrN4O2+. The van der Waals surface area contributed by atoms with Crippen LogP contribution in [0, 0.1) is 0 Å². The monoisotopic (exact) mass is 425 g/mol. The first-order chi connectivity index (χ1) is 13.1. The van der Waals surface area contributed by atoms with Crippen LogP contribution in [-0.2, 0) is 13.0 Å². The molecule has 6 nitrogen and oxygen atoms in total. The van der Waals surface area contributed by atoms with Gasteiger partial charge in [0.2, 0.25) is 0 Å². The molecule has 2 aromatic carbocycles. The van der Waals surface area contributed by atoms with Crippen LogP contribution >= 0.6 is 15.9 Å². The smallest absolute Gasteiger partial charge is 0.292 e. The Morgan fingerprint density at radius 2 is 1.89 bits per heavy atom. The second-order valence-electron chi connectivity index (χ2n) is 6.40. The van der Waals surface area contributed by atoms with Crippen molar-refractivity contribution >= 4 is 38.3 Å². The Balaban J connectivity index is 1.88. The van der Waals surface area contributed by atoms with E-state index in [9.17, 15) is 9.59 Å². The van der Waals surface area contributed by atoms with Gasteiger partial charge >= 0.3 is 5.69 Å². The molecule has 0 aliphatic carbocycles. The average Bonchev–Trinajstić information content (AvgIpc) is 3.10. The van der Waals surface area contributed by atoms with E-state index in [0.29, 0.717) is 16.7 Å². The standard InChI is InChI=1S/C20H17BrN4O2/c1-2-5-18-22-19-15-6-3-4-7-16(15)24(20(27)25(19)23-18)12-17(26)13-8-10-14(21)11-9-13/h3-4,6-11H,2,5,12H2,1H3/p+1. The molecule has 0 fully saturated rings. The molecular weight excluding hydrogens is 408 g/mol. The first-order valence-corrected chi connectivity index (χ1v) is 9.59. The van der Waals surface area contributed by atoms with Crippen LogP contribution in [0.2, 0.25) is 0 Å². The van der Waals surface area contributed by atoms with E-state index in [-0.39, 0.29) is 18.0 Å². The molecule has 0 amide bonds. The number of aromatic nitrogens is 4. The number of fused-ring (bicyclic) bond motifs is 3. The number of rotatable bonds is 5. The zero-order valence-corrected chi connectivity index (χ0v) is 16.4. The molecule has 0 saturated heterocycles. The van der Waals surface area contributed by atoms with Gasteiger partial charge in [-0.05, 0) is 35.2 Å². The minimum Gasteiger partial charge on any atom is -0.292 e. The lowest BCUT2D eigenvalue weighted by atomic mass is 10.1. The van der Waals surface area contributed by atoms with Gasteiger partial charge in [0, 0.05) is 16.5 Å². The molecule has 0 atom stereocenters. The quantitative estimate of drug-likeness (QED) is 0.461. The average molecular weight is 426 g/mol. The van der Waals surface area contributed by atoms with E-state index in [1.165, 1.54) is 9.08 Å². The van der Waals surface area contributed by atoms with E-state index >= 15 is 0 Å². The van der Waals surface area contributed by atoms with Crippen molar-refractivity contribution in [1.82, 2.24) is 14.2 Å². The van der Waals surface area contributed by atoms with Crippen molar-refractivity contribution in [2.75, 3.05) is 0 Å². The van der Waals surface area contributed by atoms with Gasteiger partial charge in [-0.15, -0.1) is 0 Å².